The summed E-state index contributed by atoms with van der Waals surface area (Å²) in [6, 6.07) is 3.70. The lowest BCUT2D eigenvalue weighted by atomic mass is 9.99. The molecule has 2 aromatic rings. The second-order valence-corrected chi connectivity index (χ2v) is 6.37. The first-order chi connectivity index (χ1) is 12.1. The normalized spacial score (nSPS) is 18.7. The van der Waals surface area contributed by atoms with Crippen molar-refractivity contribution < 1.29 is 9.53 Å². The van der Waals surface area contributed by atoms with Gasteiger partial charge in [0.05, 0.1) is 31.1 Å². The molecule has 1 aliphatic rings. The zero-order valence-corrected chi connectivity index (χ0v) is 15.0. The summed E-state index contributed by atoms with van der Waals surface area (Å²) < 4.78 is 7.20. The first-order valence-electron chi connectivity index (χ1n) is 8.64. The van der Waals surface area contributed by atoms with Crippen molar-refractivity contribution in [1.82, 2.24) is 25.0 Å². The number of ether oxygens (including phenoxy) is 1. The fourth-order valence-corrected chi connectivity index (χ4v) is 3.46. The van der Waals surface area contributed by atoms with Crippen LogP contribution in [-0.2, 0) is 7.05 Å². The van der Waals surface area contributed by atoms with Gasteiger partial charge in [0.15, 0.2) is 0 Å². The van der Waals surface area contributed by atoms with Gasteiger partial charge in [-0.25, -0.2) is 4.79 Å². The number of piperidine rings is 1. The van der Waals surface area contributed by atoms with Gasteiger partial charge in [0.25, 0.3) is 0 Å². The summed E-state index contributed by atoms with van der Waals surface area (Å²) in [7, 11) is 3.53. The van der Waals surface area contributed by atoms with Crippen molar-refractivity contribution >= 4 is 6.03 Å². The quantitative estimate of drug-likeness (QED) is 0.926. The Morgan fingerprint density at radius 1 is 1.36 bits per heavy atom. The lowest BCUT2D eigenvalue weighted by Crippen LogP contribution is -2.45. The van der Waals surface area contributed by atoms with E-state index in [0.717, 1.165) is 37.1 Å². The molecule has 1 N–H and O–H groups in total. The van der Waals surface area contributed by atoms with Crippen LogP contribution in [0.2, 0.25) is 0 Å². The minimum absolute atomic E-state index is 0.0581. The number of carbonyl (C=O) groups is 1. The van der Waals surface area contributed by atoms with Crippen molar-refractivity contribution in [3.8, 4) is 5.75 Å². The molecule has 134 valence electrons. The van der Waals surface area contributed by atoms with E-state index in [0.29, 0.717) is 5.75 Å². The molecule has 0 unspecified atom stereocenters. The zero-order chi connectivity index (χ0) is 17.8. The molecule has 1 aliphatic heterocycles. The highest BCUT2D eigenvalue weighted by molar-refractivity contribution is 5.75. The summed E-state index contributed by atoms with van der Waals surface area (Å²) in [5, 5.41) is 7.35. The number of urea groups is 1. The van der Waals surface area contributed by atoms with E-state index in [1.165, 1.54) is 0 Å². The number of methoxy groups -OCH3 is 1. The molecule has 0 radical (unpaired) electrons. The number of nitrogens with zero attached hydrogens (tertiary/aromatic N) is 4. The molecule has 1 fully saturated rings. The fourth-order valence-electron chi connectivity index (χ4n) is 3.46. The second-order valence-electron chi connectivity index (χ2n) is 6.37. The van der Waals surface area contributed by atoms with Gasteiger partial charge in [0, 0.05) is 31.5 Å². The van der Waals surface area contributed by atoms with Crippen LogP contribution in [0.5, 0.6) is 5.75 Å². The summed E-state index contributed by atoms with van der Waals surface area (Å²) in [5.74, 6) is 0.678. The van der Waals surface area contributed by atoms with Crippen LogP contribution in [0, 0.1) is 0 Å². The predicted octanol–water partition coefficient (Wildman–Crippen LogP) is 2.82. The van der Waals surface area contributed by atoms with E-state index in [9.17, 15) is 4.79 Å². The Hall–Kier alpha value is -2.57. The number of pyridine rings is 1. The number of aryl methyl sites for hydroxylation is 1. The third kappa shape index (κ3) is 3.60. The molecular formula is C18H25N5O2. The average molecular weight is 343 g/mol. The minimum atomic E-state index is -0.167. The van der Waals surface area contributed by atoms with Crippen molar-refractivity contribution in [2.45, 2.75) is 38.3 Å². The van der Waals surface area contributed by atoms with Crippen molar-refractivity contribution in [1.29, 1.82) is 0 Å². The van der Waals surface area contributed by atoms with E-state index >= 15 is 0 Å². The van der Waals surface area contributed by atoms with E-state index in [-0.39, 0.29) is 18.1 Å². The van der Waals surface area contributed by atoms with Crippen LogP contribution < -0.4 is 10.1 Å². The summed E-state index contributed by atoms with van der Waals surface area (Å²) in [6.45, 7) is 2.71. The van der Waals surface area contributed by atoms with Crippen molar-refractivity contribution in [2.24, 2.45) is 7.05 Å². The van der Waals surface area contributed by atoms with Gasteiger partial charge in [-0.3, -0.25) is 9.67 Å². The molecule has 3 rings (SSSR count). The summed E-state index contributed by atoms with van der Waals surface area (Å²) in [6.07, 6.45) is 8.25. The number of carbonyl (C=O) groups excluding carboxylic acids is 1. The number of likely N-dealkylation sites (tertiary alicyclic amines) is 1. The predicted molar refractivity (Wildman–Crippen MR) is 94.2 cm³/mol. The van der Waals surface area contributed by atoms with Crippen LogP contribution in [0.25, 0.3) is 0 Å². The number of amides is 2. The van der Waals surface area contributed by atoms with Gasteiger partial charge >= 0.3 is 6.03 Å². The standard InChI is InChI=1S/C18H25N5O2/c1-13(14-7-9-19-12-17(14)25-3)21-18(24)23-11-5-4-6-16(23)15-8-10-20-22(15)2/h7-10,12-13,16H,4-6,11H2,1-3H3,(H,21,24)/t13-,16-/m1/s1. The Balaban J connectivity index is 1.75. The maximum Gasteiger partial charge on any atom is 0.318 e. The molecule has 2 atom stereocenters. The maximum atomic E-state index is 12.9. The first-order valence-corrected chi connectivity index (χ1v) is 8.64. The second kappa shape index (κ2) is 7.55. The van der Waals surface area contributed by atoms with Crippen LogP contribution in [0.15, 0.2) is 30.7 Å². The smallest absolute Gasteiger partial charge is 0.318 e. The number of hydrogen-bond donors (Lipinski definition) is 1. The van der Waals surface area contributed by atoms with Crippen LogP contribution in [0.3, 0.4) is 0 Å². The SMILES string of the molecule is COc1cnccc1[C@@H](C)NC(=O)N1CCCC[C@@H]1c1ccnn1C. The van der Waals surface area contributed by atoms with Crippen LogP contribution in [0.4, 0.5) is 4.79 Å². The van der Waals surface area contributed by atoms with Crippen molar-refractivity contribution in [3.05, 3.63) is 42.0 Å². The monoisotopic (exact) mass is 343 g/mol. The third-order valence-corrected chi connectivity index (χ3v) is 4.81. The number of nitrogens with one attached hydrogen (secondary N) is 1. The van der Waals surface area contributed by atoms with Crippen LogP contribution in [0.1, 0.15) is 49.5 Å². The molecule has 2 amide bonds. The molecule has 0 bridgehead atoms. The van der Waals surface area contributed by atoms with E-state index in [1.54, 1.807) is 25.7 Å². The van der Waals surface area contributed by atoms with Gasteiger partial charge in [0.2, 0.25) is 0 Å². The maximum absolute atomic E-state index is 12.9. The van der Waals surface area contributed by atoms with Gasteiger partial charge in [-0.15, -0.1) is 0 Å². The Morgan fingerprint density at radius 2 is 2.20 bits per heavy atom. The molecule has 0 aliphatic carbocycles. The molecule has 2 aromatic heterocycles. The van der Waals surface area contributed by atoms with Crippen molar-refractivity contribution in [3.63, 3.8) is 0 Å². The average Bonchev–Trinajstić information content (AvgIpc) is 3.07. The van der Waals surface area contributed by atoms with E-state index < -0.39 is 0 Å². The Labute approximate surface area is 148 Å². The van der Waals surface area contributed by atoms with E-state index in [1.807, 2.05) is 35.7 Å². The molecule has 0 spiro atoms. The third-order valence-electron chi connectivity index (χ3n) is 4.81. The highest BCUT2D eigenvalue weighted by Crippen LogP contribution is 2.31. The van der Waals surface area contributed by atoms with E-state index in [4.69, 9.17) is 4.74 Å². The highest BCUT2D eigenvalue weighted by atomic mass is 16.5. The molecule has 0 saturated carbocycles. The molecule has 7 nitrogen and oxygen atoms in total. The first kappa shape index (κ1) is 17.3. The van der Waals surface area contributed by atoms with Crippen LogP contribution in [-0.4, -0.2) is 39.4 Å². The summed E-state index contributed by atoms with van der Waals surface area (Å²) in [5.41, 5.74) is 1.99. The summed E-state index contributed by atoms with van der Waals surface area (Å²) >= 11 is 0. The fraction of sp³-hybridized carbons (Fsp3) is 0.500. The van der Waals surface area contributed by atoms with Gasteiger partial charge in [0.1, 0.15) is 5.75 Å². The van der Waals surface area contributed by atoms with Gasteiger partial charge < -0.3 is 15.0 Å². The Morgan fingerprint density at radius 3 is 2.92 bits per heavy atom. The van der Waals surface area contributed by atoms with Crippen LogP contribution >= 0.6 is 0 Å². The zero-order valence-electron chi connectivity index (χ0n) is 15.0. The molecule has 0 aromatic carbocycles. The molecule has 25 heavy (non-hydrogen) atoms. The number of rotatable bonds is 4. The lowest BCUT2D eigenvalue weighted by Gasteiger charge is -2.36. The number of aromatic nitrogens is 3. The highest BCUT2D eigenvalue weighted by Gasteiger charge is 2.30. The largest absolute Gasteiger partial charge is 0.495 e. The molecular weight excluding hydrogens is 318 g/mol. The van der Waals surface area contributed by atoms with Gasteiger partial charge in [-0.05, 0) is 38.3 Å². The van der Waals surface area contributed by atoms with E-state index in [2.05, 4.69) is 15.4 Å². The van der Waals surface area contributed by atoms with Crippen molar-refractivity contribution in [2.75, 3.05) is 13.7 Å². The van der Waals surface area contributed by atoms with Gasteiger partial charge in [-0.1, -0.05) is 0 Å². The molecule has 3 heterocycles. The summed E-state index contributed by atoms with van der Waals surface area (Å²) in [4.78, 5) is 18.9. The Kier molecular flexibility index (Phi) is 5.21. The Bertz CT molecular complexity index is 730. The molecule has 7 heteroatoms. The topological polar surface area (TPSA) is 72.3 Å². The molecule has 1 saturated heterocycles. The minimum Gasteiger partial charge on any atom is -0.495 e. The lowest BCUT2D eigenvalue weighted by molar-refractivity contribution is 0.145. The van der Waals surface area contributed by atoms with Gasteiger partial charge in [-0.2, -0.15) is 5.10 Å². The number of hydrogen-bond acceptors (Lipinski definition) is 4.